The quantitative estimate of drug-likeness (QED) is 0.556. The Hall–Kier alpha value is -3.51. The molecule has 1 amide bonds. The molecule has 2 heterocycles. The number of hydrogen-bond acceptors (Lipinski definition) is 5. The van der Waals surface area contributed by atoms with Gasteiger partial charge in [0.2, 0.25) is 11.7 Å². The molecule has 1 fully saturated rings. The number of benzene rings is 3. The molecule has 2 aliphatic rings. The zero-order valence-electron chi connectivity index (χ0n) is 18.7. The summed E-state index contributed by atoms with van der Waals surface area (Å²) < 4.78 is 23.9. The molecule has 2 aliphatic heterocycles. The lowest BCUT2D eigenvalue weighted by atomic mass is 10.00. The minimum atomic E-state index is -0.716. The van der Waals surface area contributed by atoms with E-state index in [9.17, 15) is 4.79 Å². The first kappa shape index (κ1) is 21.3. The van der Waals surface area contributed by atoms with Crippen molar-refractivity contribution in [3.8, 4) is 23.0 Å². The number of nitrogens with zero attached hydrogens (tertiary/aromatic N) is 1. The number of fused-ring (bicyclic) bond motifs is 1. The van der Waals surface area contributed by atoms with Crippen molar-refractivity contribution in [2.75, 3.05) is 20.2 Å². The second-order valence-electron chi connectivity index (χ2n) is 8.33. The van der Waals surface area contributed by atoms with E-state index < -0.39 is 5.79 Å². The smallest absolute Gasteiger partial charge is 0.227 e. The van der Waals surface area contributed by atoms with E-state index in [1.165, 1.54) is 0 Å². The minimum absolute atomic E-state index is 0.0720. The summed E-state index contributed by atoms with van der Waals surface area (Å²) in [6.07, 6.45) is 1.51. The van der Waals surface area contributed by atoms with Crippen LogP contribution >= 0.6 is 0 Å². The monoisotopic (exact) mass is 445 g/mol. The first-order chi connectivity index (χ1) is 16.2. The summed E-state index contributed by atoms with van der Waals surface area (Å²) in [4.78, 5) is 15.0. The van der Waals surface area contributed by atoms with Gasteiger partial charge in [0.05, 0.1) is 20.1 Å². The molecule has 0 bridgehead atoms. The summed E-state index contributed by atoms with van der Waals surface area (Å²) in [6, 6.07) is 23.1. The van der Waals surface area contributed by atoms with E-state index in [0.717, 1.165) is 22.6 Å². The Morgan fingerprint density at radius 2 is 1.67 bits per heavy atom. The van der Waals surface area contributed by atoms with Gasteiger partial charge in [-0.1, -0.05) is 48.5 Å². The number of hydrogen-bond donors (Lipinski definition) is 0. The Kier molecular flexibility index (Phi) is 5.92. The van der Waals surface area contributed by atoms with Gasteiger partial charge in [0.15, 0.2) is 11.5 Å². The summed E-state index contributed by atoms with van der Waals surface area (Å²) in [6.45, 7) is 1.63. The van der Waals surface area contributed by atoms with Crippen LogP contribution in [0.15, 0.2) is 72.8 Å². The molecule has 0 unspecified atom stereocenters. The van der Waals surface area contributed by atoms with Crippen molar-refractivity contribution in [3.63, 3.8) is 0 Å². The maximum Gasteiger partial charge on any atom is 0.227 e. The zero-order chi connectivity index (χ0) is 22.7. The van der Waals surface area contributed by atoms with Crippen LogP contribution in [0.5, 0.6) is 23.0 Å². The number of methoxy groups -OCH3 is 1. The van der Waals surface area contributed by atoms with Gasteiger partial charge in [-0.2, -0.15) is 0 Å². The topological polar surface area (TPSA) is 57.2 Å². The van der Waals surface area contributed by atoms with E-state index in [4.69, 9.17) is 18.9 Å². The van der Waals surface area contributed by atoms with Crippen molar-refractivity contribution in [2.45, 2.75) is 31.7 Å². The van der Waals surface area contributed by atoms with E-state index in [-0.39, 0.29) is 12.3 Å². The molecule has 3 aromatic carbocycles. The molecule has 0 radical (unpaired) electrons. The minimum Gasteiger partial charge on any atom is -0.493 e. The summed E-state index contributed by atoms with van der Waals surface area (Å²) in [5.41, 5.74) is 1.85. The van der Waals surface area contributed by atoms with Crippen molar-refractivity contribution in [2.24, 2.45) is 0 Å². The Morgan fingerprint density at radius 3 is 2.45 bits per heavy atom. The van der Waals surface area contributed by atoms with Crippen LogP contribution in [0.2, 0.25) is 0 Å². The number of para-hydroxylation sites is 3. The Balaban J connectivity index is 1.23. The third kappa shape index (κ3) is 4.52. The molecule has 170 valence electrons. The summed E-state index contributed by atoms with van der Waals surface area (Å²) in [7, 11) is 1.64. The lowest BCUT2D eigenvalue weighted by Gasteiger charge is -2.44. The van der Waals surface area contributed by atoms with Crippen molar-refractivity contribution in [1.29, 1.82) is 0 Å². The highest BCUT2D eigenvalue weighted by atomic mass is 16.7. The fourth-order valence-corrected chi connectivity index (χ4v) is 4.36. The number of carbonyl (C=O) groups is 1. The molecule has 1 spiro atoms. The largest absolute Gasteiger partial charge is 0.493 e. The molecule has 1 saturated heterocycles. The van der Waals surface area contributed by atoms with E-state index in [1.54, 1.807) is 7.11 Å². The van der Waals surface area contributed by atoms with Crippen LogP contribution in [0.1, 0.15) is 24.0 Å². The van der Waals surface area contributed by atoms with Crippen LogP contribution in [-0.2, 0) is 22.6 Å². The molecule has 33 heavy (non-hydrogen) atoms. The fourth-order valence-electron chi connectivity index (χ4n) is 4.36. The van der Waals surface area contributed by atoms with Crippen LogP contribution in [0, 0.1) is 0 Å². The number of likely N-dealkylation sites (tertiary alicyclic amines) is 1. The maximum atomic E-state index is 13.1. The lowest BCUT2D eigenvalue weighted by Crippen LogP contribution is -2.52. The molecule has 5 rings (SSSR count). The number of carbonyl (C=O) groups excluding carboxylic acids is 1. The average molecular weight is 446 g/mol. The third-order valence-corrected chi connectivity index (χ3v) is 6.22. The van der Waals surface area contributed by atoms with Gasteiger partial charge >= 0.3 is 0 Å². The number of piperidine rings is 1. The lowest BCUT2D eigenvalue weighted by molar-refractivity contribution is -0.228. The van der Waals surface area contributed by atoms with Crippen molar-refractivity contribution in [3.05, 3.63) is 83.9 Å². The molecular weight excluding hydrogens is 418 g/mol. The first-order valence-corrected chi connectivity index (χ1v) is 11.2. The number of rotatable bonds is 5. The first-order valence-electron chi connectivity index (χ1n) is 11.2. The third-order valence-electron chi connectivity index (χ3n) is 6.22. The predicted molar refractivity (Wildman–Crippen MR) is 124 cm³/mol. The van der Waals surface area contributed by atoms with Crippen LogP contribution in [-0.4, -0.2) is 36.8 Å². The summed E-state index contributed by atoms with van der Waals surface area (Å²) >= 11 is 0. The van der Waals surface area contributed by atoms with E-state index in [0.29, 0.717) is 44.0 Å². The molecule has 3 aromatic rings. The van der Waals surface area contributed by atoms with Gasteiger partial charge in [-0.25, -0.2) is 0 Å². The van der Waals surface area contributed by atoms with Gasteiger partial charge in [-0.15, -0.1) is 0 Å². The van der Waals surface area contributed by atoms with Crippen LogP contribution in [0.25, 0.3) is 0 Å². The van der Waals surface area contributed by atoms with Crippen LogP contribution < -0.4 is 14.2 Å². The van der Waals surface area contributed by atoms with Crippen LogP contribution in [0.4, 0.5) is 0 Å². The summed E-state index contributed by atoms with van der Waals surface area (Å²) in [5.74, 6) is 2.27. The van der Waals surface area contributed by atoms with E-state index >= 15 is 0 Å². The molecule has 6 nitrogen and oxygen atoms in total. The second kappa shape index (κ2) is 9.16. The van der Waals surface area contributed by atoms with Gasteiger partial charge in [0.1, 0.15) is 11.5 Å². The highest BCUT2D eigenvalue weighted by Gasteiger charge is 2.42. The molecule has 6 heteroatoms. The Labute approximate surface area is 193 Å². The molecule has 0 aliphatic carbocycles. The van der Waals surface area contributed by atoms with Gasteiger partial charge in [-0.3, -0.25) is 4.79 Å². The SMILES string of the molecule is COc1cccc2c1OC1(CCN(C(=O)Cc3ccccc3Oc3ccccc3)CC1)OC2. The maximum absolute atomic E-state index is 13.1. The second-order valence-corrected chi connectivity index (χ2v) is 8.33. The molecule has 0 aromatic heterocycles. The highest BCUT2D eigenvalue weighted by molar-refractivity contribution is 5.79. The average Bonchev–Trinajstić information content (AvgIpc) is 2.86. The Morgan fingerprint density at radius 1 is 0.939 bits per heavy atom. The normalized spacial score (nSPS) is 16.6. The van der Waals surface area contributed by atoms with Crippen molar-refractivity contribution in [1.82, 2.24) is 4.90 Å². The van der Waals surface area contributed by atoms with Gasteiger partial charge in [0, 0.05) is 37.1 Å². The van der Waals surface area contributed by atoms with E-state index in [2.05, 4.69) is 0 Å². The Bertz CT molecular complexity index is 1110. The number of ether oxygens (including phenoxy) is 4. The van der Waals surface area contributed by atoms with Crippen molar-refractivity contribution >= 4 is 5.91 Å². The van der Waals surface area contributed by atoms with Crippen LogP contribution in [0.3, 0.4) is 0 Å². The molecule has 0 saturated carbocycles. The zero-order valence-corrected chi connectivity index (χ0v) is 18.7. The van der Waals surface area contributed by atoms with Crippen molar-refractivity contribution < 1.29 is 23.7 Å². The van der Waals surface area contributed by atoms with Gasteiger partial charge in [0.25, 0.3) is 0 Å². The van der Waals surface area contributed by atoms with Gasteiger partial charge in [-0.05, 0) is 24.3 Å². The standard InChI is InChI=1S/C27H27NO5/c1-30-24-13-7-9-21-19-31-27(33-26(21)24)14-16-28(17-15-27)25(29)18-20-8-5-6-12-23(20)32-22-10-3-2-4-11-22/h2-13H,14-19H2,1H3. The predicted octanol–water partition coefficient (Wildman–Crippen LogP) is 4.96. The van der Waals surface area contributed by atoms with Gasteiger partial charge < -0.3 is 23.8 Å². The summed E-state index contributed by atoms with van der Waals surface area (Å²) in [5, 5.41) is 0. The highest BCUT2D eigenvalue weighted by Crippen LogP contribution is 2.42. The number of amides is 1. The molecule has 0 atom stereocenters. The fraction of sp³-hybridized carbons (Fsp3) is 0.296. The molecular formula is C27H27NO5. The molecule has 0 N–H and O–H groups in total. The van der Waals surface area contributed by atoms with E-state index in [1.807, 2.05) is 77.7 Å².